The Kier molecular flexibility index (Phi) is 5.85. The summed E-state index contributed by atoms with van der Waals surface area (Å²) in [5, 5.41) is 0. The summed E-state index contributed by atoms with van der Waals surface area (Å²) in [5.41, 5.74) is 3.30. The average molecular weight is 416 g/mol. The zero-order chi connectivity index (χ0) is 21.1. The molecule has 1 unspecified atom stereocenters. The number of carbonyl (C=O) groups excluding carboxylic acids is 1. The molecule has 0 radical (unpaired) electrons. The van der Waals surface area contributed by atoms with Crippen LogP contribution in [0.3, 0.4) is 0 Å². The molecule has 3 nitrogen and oxygen atoms in total. The van der Waals surface area contributed by atoms with Crippen LogP contribution in [0.2, 0.25) is 0 Å². The molecule has 5 rings (SSSR count). The summed E-state index contributed by atoms with van der Waals surface area (Å²) in [6, 6.07) is 16.3. The lowest BCUT2D eigenvalue weighted by Crippen LogP contribution is -2.33. The summed E-state index contributed by atoms with van der Waals surface area (Å²) < 4.78 is 6.15. The highest BCUT2D eigenvalue weighted by molar-refractivity contribution is 6.06. The van der Waals surface area contributed by atoms with E-state index in [2.05, 4.69) is 36.4 Å². The van der Waals surface area contributed by atoms with Crippen LogP contribution in [-0.4, -0.2) is 18.6 Å². The van der Waals surface area contributed by atoms with Crippen LogP contribution in [-0.2, 0) is 6.42 Å². The minimum Gasteiger partial charge on any atom is -0.490 e. The number of benzene rings is 2. The molecule has 31 heavy (non-hydrogen) atoms. The van der Waals surface area contributed by atoms with Crippen LogP contribution in [0.25, 0.3) is 0 Å². The first kappa shape index (κ1) is 20.4. The van der Waals surface area contributed by atoms with Crippen molar-refractivity contribution in [3.63, 3.8) is 0 Å². The van der Waals surface area contributed by atoms with Crippen molar-refractivity contribution in [2.24, 2.45) is 5.41 Å². The smallest absolute Gasteiger partial charge is 0.258 e. The van der Waals surface area contributed by atoms with Crippen LogP contribution in [0.5, 0.6) is 5.75 Å². The van der Waals surface area contributed by atoms with Crippen molar-refractivity contribution in [3.8, 4) is 5.75 Å². The molecule has 0 saturated heterocycles. The minimum atomic E-state index is 0.0912. The van der Waals surface area contributed by atoms with E-state index in [9.17, 15) is 4.79 Å². The highest BCUT2D eigenvalue weighted by Gasteiger charge is 2.35. The summed E-state index contributed by atoms with van der Waals surface area (Å²) in [7, 11) is 0. The van der Waals surface area contributed by atoms with Gasteiger partial charge in [-0.3, -0.25) is 4.79 Å². The molecule has 2 aromatic rings. The van der Waals surface area contributed by atoms with Crippen molar-refractivity contribution in [1.29, 1.82) is 0 Å². The van der Waals surface area contributed by atoms with Gasteiger partial charge in [-0.25, -0.2) is 0 Å². The first-order valence-corrected chi connectivity index (χ1v) is 12.1. The van der Waals surface area contributed by atoms with Gasteiger partial charge in [-0.15, -0.1) is 0 Å². The zero-order valence-corrected chi connectivity index (χ0v) is 18.4. The molecule has 1 atom stereocenters. The molecule has 3 heteroatoms. The fourth-order valence-electron chi connectivity index (χ4n) is 5.61. The third-order valence-corrected chi connectivity index (χ3v) is 7.38. The standard InChI is InChI=1S/C28H33NO2/c30-27(22-13-15-25(16-14-22)31-24-10-3-1-4-11-24)29-20-19-28(17-7-2-8-18-28)21-23-9-5-6-12-26(23)29/h5-7,9,12-17,24H,1-4,8,10-11,18-21H2. The Morgan fingerprint density at radius 3 is 2.52 bits per heavy atom. The maximum absolute atomic E-state index is 13.6. The van der Waals surface area contributed by atoms with E-state index in [0.29, 0.717) is 6.10 Å². The van der Waals surface area contributed by atoms with Crippen molar-refractivity contribution < 1.29 is 9.53 Å². The molecule has 162 valence electrons. The van der Waals surface area contributed by atoms with Crippen LogP contribution < -0.4 is 9.64 Å². The van der Waals surface area contributed by atoms with Gasteiger partial charge in [0.15, 0.2) is 0 Å². The highest BCUT2D eigenvalue weighted by atomic mass is 16.5. The van der Waals surface area contributed by atoms with Gasteiger partial charge in [0.25, 0.3) is 5.91 Å². The molecule has 1 heterocycles. The maximum Gasteiger partial charge on any atom is 0.258 e. The molecule has 2 aliphatic carbocycles. The molecule has 1 saturated carbocycles. The number of nitrogens with zero attached hydrogens (tertiary/aromatic N) is 1. The summed E-state index contributed by atoms with van der Waals surface area (Å²) in [6.45, 7) is 0.764. The van der Waals surface area contributed by atoms with Gasteiger partial charge in [0, 0.05) is 17.8 Å². The third kappa shape index (κ3) is 4.42. The number of hydrogen-bond donors (Lipinski definition) is 0. The number of para-hydroxylation sites is 1. The van der Waals surface area contributed by atoms with Crippen LogP contribution in [0.15, 0.2) is 60.7 Å². The van der Waals surface area contributed by atoms with Crippen molar-refractivity contribution >= 4 is 11.6 Å². The number of hydrogen-bond acceptors (Lipinski definition) is 2. The van der Waals surface area contributed by atoms with Crippen molar-refractivity contribution in [2.45, 2.75) is 70.3 Å². The fraction of sp³-hybridized carbons (Fsp3) is 0.464. The molecule has 0 bridgehead atoms. The van der Waals surface area contributed by atoms with E-state index in [0.717, 1.165) is 49.2 Å². The van der Waals surface area contributed by atoms with Gasteiger partial charge in [-0.05, 0) is 99.1 Å². The van der Waals surface area contributed by atoms with Crippen molar-refractivity contribution in [3.05, 3.63) is 71.8 Å². The monoisotopic (exact) mass is 415 g/mol. The van der Waals surface area contributed by atoms with Crippen molar-refractivity contribution in [1.82, 2.24) is 0 Å². The first-order chi connectivity index (χ1) is 15.2. The Morgan fingerprint density at radius 1 is 0.935 bits per heavy atom. The molecular formula is C28H33NO2. The van der Waals surface area contributed by atoms with Crippen LogP contribution >= 0.6 is 0 Å². The molecular weight excluding hydrogens is 382 g/mol. The molecule has 1 amide bonds. The number of rotatable bonds is 3. The molecule has 0 N–H and O–H groups in total. The minimum absolute atomic E-state index is 0.0912. The van der Waals surface area contributed by atoms with E-state index in [4.69, 9.17) is 4.74 Å². The SMILES string of the molecule is O=C(c1ccc(OC2CCCCC2)cc1)N1CCC2(C=CCCC2)Cc2ccccc21. The molecule has 1 aliphatic heterocycles. The van der Waals surface area contributed by atoms with E-state index in [1.165, 1.54) is 44.1 Å². The number of ether oxygens (including phenoxy) is 1. The largest absolute Gasteiger partial charge is 0.490 e. The van der Waals surface area contributed by atoms with Gasteiger partial charge < -0.3 is 9.64 Å². The fourth-order valence-corrected chi connectivity index (χ4v) is 5.61. The second kappa shape index (κ2) is 8.90. The van der Waals surface area contributed by atoms with E-state index < -0.39 is 0 Å². The summed E-state index contributed by atoms with van der Waals surface area (Å²) in [6.07, 6.45) is 16.9. The number of anilines is 1. The Balaban J connectivity index is 1.36. The second-order valence-corrected chi connectivity index (χ2v) is 9.57. The Labute approximate surface area is 186 Å². The summed E-state index contributed by atoms with van der Waals surface area (Å²) >= 11 is 0. The Hall–Kier alpha value is -2.55. The molecule has 2 aromatic carbocycles. The lowest BCUT2D eigenvalue weighted by Gasteiger charge is -2.32. The molecule has 1 fully saturated rings. The number of amides is 1. The molecule has 0 aromatic heterocycles. The lowest BCUT2D eigenvalue weighted by molar-refractivity contribution is 0.0985. The van der Waals surface area contributed by atoms with Gasteiger partial charge in [0.05, 0.1) is 6.10 Å². The van der Waals surface area contributed by atoms with Gasteiger partial charge in [0.1, 0.15) is 5.75 Å². The summed E-state index contributed by atoms with van der Waals surface area (Å²) in [5.74, 6) is 0.972. The number of allylic oxidation sites excluding steroid dienone is 2. The Bertz CT molecular complexity index is 942. The quantitative estimate of drug-likeness (QED) is 0.521. The second-order valence-electron chi connectivity index (χ2n) is 9.57. The average Bonchev–Trinajstić information content (AvgIpc) is 2.97. The predicted molar refractivity (Wildman–Crippen MR) is 126 cm³/mol. The van der Waals surface area contributed by atoms with E-state index >= 15 is 0 Å². The normalized spacial score (nSPS) is 23.9. The Morgan fingerprint density at radius 2 is 1.74 bits per heavy atom. The van der Waals surface area contributed by atoms with Gasteiger partial charge in [-0.1, -0.05) is 36.8 Å². The van der Waals surface area contributed by atoms with Crippen molar-refractivity contribution in [2.75, 3.05) is 11.4 Å². The van der Waals surface area contributed by atoms with Crippen LogP contribution in [0.1, 0.15) is 73.7 Å². The molecule has 3 aliphatic rings. The first-order valence-electron chi connectivity index (χ1n) is 12.1. The van der Waals surface area contributed by atoms with E-state index in [-0.39, 0.29) is 11.3 Å². The number of fused-ring (bicyclic) bond motifs is 1. The number of carbonyl (C=O) groups is 1. The van der Waals surface area contributed by atoms with E-state index in [1.54, 1.807) is 0 Å². The third-order valence-electron chi connectivity index (χ3n) is 7.38. The van der Waals surface area contributed by atoms with Gasteiger partial charge in [-0.2, -0.15) is 0 Å². The predicted octanol–water partition coefficient (Wildman–Crippen LogP) is 6.72. The summed E-state index contributed by atoms with van der Waals surface area (Å²) in [4.78, 5) is 15.6. The van der Waals surface area contributed by atoms with Gasteiger partial charge >= 0.3 is 0 Å². The maximum atomic E-state index is 13.6. The zero-order valence-electron chi connectivity index (χ0n) is 18.4. The van der Waals surface area contributed by atoms with E-state index in [1.807, 2.05) is 29.2 Å². The lowest BCUT2D eigenvalue weighted by atomic mass is 9.72. The van der Waals surface area contributed by atoms with Gasteiger partial charge in [0.2, 0.25) is 0 Å². The highest BCUT2D eigenvalue weighted by Crippen LogP contribution is 2.43. The van der Waals surface area contributed by atoms with Crippen LogP contribution in [0.4, 0.5) is 5.69 Å². The molecule has 1 spiro atoms. The topological polar surface area (TPSA) is 29.5 Å². The van der Waals surface area contributed by atoms with Crippen LogP contribution in [0, 0.1) is 5.41 Å².